The Morgan fingerprint density at radius 3 is 2.52 bits per heavy atom. The monoisotopic (exact) mass is 327 g/mol. The number of hydrogen-bond donors (Lipinski definition) is 1. The molecule has 0 unspecified atom stereocenters. The van der Waals surface area contributed by atoms with Crippen molar-refractivity contribution in [3.8, 4) is 0 Å². The van der Waals surface area contributed by atoms with Crippen LogP contribution in [0.5, 0.6) is 0 Å². The zero-order chi connectivity index (χ0) is 16.6. The lowest BCUT2D eigenvalue weighted by Gasteiger charge is -2.40. The van der Waals surface area contributed by atoms with Gasteiger partial charge in [-0.2, -0.15) is 0 Å². The van der Waals surface area contributed by atoms with E-state index in [1.165, 1.54) is 0 Å². The highest BCUT2D eigenvalue weighted by molar-refractivity contribution is 5.89. The highest BCUT2D eigenvalue weighted by Gasteiger charge is 2.41. The van der Waals surface area contributed by atoms with Gasteiger partial charge in [-0.05, 0) is 32.9 Å². The summed E-state index contributed by atoms with van der Waals surface area (Å²) in [4.78, 5) is 16.2. The molecule has 0 radical (unpaired) electrons. The second kappa shape index (κ2) is 6.03. The fourth-order valence-corrected chi connectivity index (χ4v) is 3.69. The van der Waals surface area contributed by atoms with E-state index in [0.717, 1.165) is 32.4 Å². The minimum atomic E-state index is -1.27. The van der Waals surface area contributed by atoms with Gasteiger partial charge in [-0.25, -0.2) is 18.0 Å². The summed E-state index contributed by atoms with van der Waals surface area (Å²) in [6.07, 6.45) is 3.00. The fourth-order valence-electron chi connectivity index (χ4n) is 3.69. The first-order chi connectivity index (χ1) is 10.9. The summed E-state index contributed by atoms with van der Waals surface area (Å²) in [5, 5.41) is 2.36. The topological polar surface area (TPSA) is 35.6 Å². The van der Waals surface area contributed by atoms with Crippen molar-refractivity contribution >= 4 is 11.7 Å². The van der Waals surface area contributed by atoms with Gasteiger partial charge in [0.15, 0.2) is 11.6 Å². The Morgan fingerprint density at radius 2 is 1.83 bits per heavy atom. The summed E-state index contributed by atoms with van der Waals surface area (Å²) in [5.74, 6) is -3.44. The van der Waals surface area contributed by atoms with E-state index in [4.69, 9.17) is 0 Å². The summed E-state index contributed by atoms with van der Waals surface area (Å²) < 4.78 is 39.8. The van der Waals surface area contributed by atoms with Crippen molar-refractivity contribution in [2.45, 2.75) is 19.3 Å². The molecule has 0 aromatic heterocycles. The zero-order valence-electron chi connectivity index (χ0n) is 13.0. The largest absolute Gasteiger partial charge is 0.324 e. The van der Waals surface area contributed by atoms with Gasteiger partial charge >= 0.3 is 6.03 Å². The maximum absolute atomic E-state index is 13.7. The van der Waals surface area contributed by atoms with Crippen LogP contribution in [0, 0.1) is 22.9 Å². The summed E-state index contributed by atoms with van der Waals surface area (Å²) in [7, 11) is 2.06. The van der Waals surface area contributed by atoms with Gasteiger partial charge in [-0.1, -0.05) is 0 Å². The number of nitrogens with zero attached hydrogens (tertiary/aromatic N) is 2. The molecular weight excluding hydrogens is 307 g/mol. The molecule has 1 N–H and O–H groups in total. The van der Waals surface area contributed by atoms with Gasteiger partial charge in [-0.3, -0.25) is 0 Å². The van der Waals surface area contributed by atoms with Crippen LogP contribution in [0.3, 0.4) is 0 Å². The molecule has 4 nitrogen and oxygen atoms in total. The van der Waals surface area contributed by atoms with E-state index in [2.05, 4.69) is 17.3 Å². The molecule has 1 atom stereocenters. The van der Waals surface area contributed by atoms with E-state index in [1.807, 2.05) is 0 Å². The van der Waals surface area contributed by atoms with E-state index < -0.39 is 23.5 Å². The Kier molecular flexibility index (Phi) is 4.23. The number of amides is 2. The highest BCUT2D eigenvalue weighted by Crippen LogP contribution is 2.38. The van der Waals surface area contributed by atoms with Crippen molar-refractivity contribution in [1.29, 1.82) is 0 Å². The molecule has 126 valence electrons. The second-order valence-electron chi connectivity index (χ2n) is 6.69. The maximum Gasteiger partial charge on any atom is 0.321 e. The number of rotatable bonds is 1. The number of hydrogen-bond acceptors (Lipinski definition) is 2. The standard InChI is InChI=1S/C16H20F3N3O/c1-21-6-4-16(9-21)3-2-5-22(10-16)15(23)20-14-8-12(18)11(17)7-13(14)19/h7-8H,2-6,9-10H2,1H3,(H,20,23)/t16-/m1/s1. The zero-order valence-corrected chi connectivity index (χ0v) is 13.0. The van der Waals surface area contributed by atoms with E-state index >= 15 is 0 Å². The molecular formula is C16H20F3N3O. The molecule has 1 aromatic carbocycles. The Bertz CT molecular complexity index is 621. The van der Waals surface area contributed by atoms with Crippen molar-refractivity contribution in [3.05, 3.63) is 29.6 Å². The third-order valence-electron chi connectivity index (χ3n) is 4.83. The molecule has 0 bridgehead atoms. The molecule has 1 aromatic rings. The third kappa shape index (κ3) is 3.29. The number of benzene rings is 1. The van der Waals surface area contributed by atoms with Gasteiger partial charge < -0.3 is 15.1 Å². The summed E-state index contributed by atoms with van der Waals surface area (Å²) in [5.41, 5.74) is -0.242. The van der Waals surface area contributed by atoms with Gasteiger partial charge in [0.25, 0.3) is 0 Å². The molecule has 7 heteroatoms. The molecule has 2 saturated heterocycles. The Hall–Kier alpha value is -1.76. The van der Waals surface area contributed by atoms with Gasteiger partial charge in [-0.15, -0.1) is 0 Å². The number of piperidine rings is 1. The van der Waals surface area contributed by atoms with E-state index in [1.54, 1.807) is 4.90 Å². The molecule has 2 aliphatic rings. The quantitative estimate of drug-likeness (QED) is 0.805. The number of likely N-dealkylation sites (tertiary alicyclic amines) is 2. The Labute approximate surface area is 133 Å². The number of anilines is 1. The van der Waals surface area contributed by atoms with Crippen molar-refractivity contribution in [3.63, 3.8) is 0 Å². The normalized spacial score (nSPS) is 25.1. The second-order valence-corrected chi connectivity index (χ2v) is 6.69. The van der Waals surface area contributed by atoms with Crippen molar-refractivity contribution in [2.24, 2.45) is 5.41 Å². The average molecular weight is 327 g/mol. The first-order valence-electron chi connectivity index (χ1n) is 7.78. The van der Waals surface area contributed by atoms with Crippen molar-refractivity contribution < 1.29 is 18.0 Å². The smallest absolute Gasteiger partial charge is 0.321 e. The predicted octanol–water partition coefficient (Wildman–Crippen LogP) is 3.05. The number of carbonyl (C=O) groups is 1. The van der Waals surface area contributed by atoms with E-state index in [-0.39, 0.29) is 11.1 Å². The van der Waals surface area contributed by atoms with Crippen molar-refractivity contribution in [2.75, 3.05) is 38.5 Å². The van der Waals surface area contributed by atoms with Crippen LogP contribution in [-0.4, -0.2) is 49.1 Å². The van der Waals surface area contributed by atoms with Crippen LogP contribution in [0.1, 0.15) is 19.3 Å². The number of halogens is 3. The Balaban J connectivity index is 1.70. The molecule has 1 spiro atoms. The van der Waals surface area contributed by atoms with Gasteiger partial charge in [0.05, 0.1) is 5.69 Å². The molecule has 2 fully saturated rings. The molecule has 3 rings (SSSR count). The minimum absolute atomic E-state index is 0.0942. The summed E-state index contributed by atoms with van der Waals surface area (Å²) in [6, 6.07) is 0.642. The van der Waals surface area contributed by atoms with Crippen LogP contribution in [0.2, 0.25) is 0 Å². The first kappa shape index (κ1) is 16.1. The average Bonchev–Trinajstić information content (AvgIpc) is 2.85. The Morgan fingerprint density at radius 1 is 1.09 bits per heavy atom. The number of urea groups is 1. The summed E-state index contributed by atoms with van der Waals surface area (Å²) >= 11 is 0. The molecule has 2 amide bonds. The molecule has 0 aliphatic carbocycles. The van der Waals surface area contributed by atoms with Crippen LogP contribution in [0.15, 0.2) is 12.1 Å². The van der Waals surface area contributed by atoms with Gasteiger partial charge in [0.2, 0.25) is 0 Å². The fraction of sp³-hybridized carbons (Fsp3) is 0.562. The van der Waals surface area contributed by atoms with Crippen LogP contribution in [0.4, 0.5) is 23.7 Å². The maximum atomic E-state index is 13.7. The predicted molar refractivity (Wildman–Crippen MR) is 80.7 cm³/mol. The van der Waals surface area contributed by atoms with E-state index in [9.17, 15) is 18.0 Å². The lowest BCUT2D eigenvalue weighted by Crippen LogP contribution is -2.48. The van der Waals surface area contributed by atoms with Crippen LogP contribution < -0.4 is 5.32 Å². The van der Waals surface area contributed by atoms with E-state index in [0.29, 0.717) is 25.2 Å². The lowest BCUT2D eigenvalue weighted by molar-refractivity contribution is 0.117. The first-order valence-corrected chi connectivity index (χ1v) is 7.78. The SMILES string of the molecule is CN1CC[C@]2(CCCN(C(=O)Nc3cc(F)c(F)cc3F)C2)C1. The number of nitrogens with one attached hydrogen (secondary N) is 1. The third-order valence-corrected chi connectivity index (χ3v) is 4.83. The lowest BCUT2D eigenvalue weighted by atomic mass is 9.79. The van der Waals surface area contributed by atoms with Crippen LogP contribution in [0.25, 0.3) is 0 Å². The highest BCUT2D eigenvalue weighted by atomic mass is 19.2. The van der Waals surface area contributed by atoms with Gasteiger partial charge in [0.1, 0.15) is 5.82 Å². The number of carbonyl (C=O) groups excluding carboxylic acids is 1. The van der Waals surface area contributed by atoms with Crippen molar-refractivity contribution in [1.82, 2.24) is 9.80 Å². The molecule has 2 aliphatic heterocycles. The molecule has 23 heavy (non-hydrogen) atoms. The minimum Gasteiger partial charge on any atom is -0.324 e. The van der Waals surface area contributed by atoms with Crippen LogP contribution in [-0.2, 0) is 0 Å². The molecule has 0 saturated carbocycles. The molecule has 2 heterocycles. The summed E-state index contributed by atoms with van der Waals surface area (Å²) in [6.45, 7) is 3.14. The van der Waals surface area contributed by atoms with Gasteiger partial charge in [0, 0.05) is 37.2 Å². The van der Waals surface area contributed by atoms with Crippen LogP contribution >= 0.6 is 0 Å².